The predicted molar refractivity (Wildman–Crippen MR) is 81.4 cm³/mol. The van der Waals surface area contributed by atoms with Gasteiger partial charge >= 0.3 is 0 Å². The molecule has 0 aliphatic rings. The van der Waals surface area contributed by atoms with Crippen molar-refractivity contribution >= 4 is 26.0 Å². The first-order chi connectivity index (χ1) is 8.84. The highest BCUT2D eigenvalue weighted by molar-refractivity contribution is 9.10. The summed E-state index contributed by atoms with van der Waals surface area (Å²) in [6.45, 7) is 6.65. The van der Waals surface area contributed by atoms with Gasteiger partial charge in [-0.3, -0.25) is 0 Å². The second-order valence-corrected chi connectivity index (χ2v) is 7.39. The first-order valence-electron chi connectivity index (χ1n) is 6.35. The smallest absolute Gasteiger partial charge is 0.244 e. The second kappa shape index (κ2) is 6.83. The van der Waals surface area contributed by atoms with Gasteiger partial charge in [0.2, 0.25) is 10.0 Å². The average molecular weight is 349 g/mol. The molecule has 19 heavy (non-hydrogen) atoms. The Kier molecular flexibility index (Phi) is 5.98. The van der Waals surface area contributed by atoms with Crippen molar-refractivity contribution in [3.05, 3.63) is 28.2 Å². The molecule has 0 amide bonds. The number of benzene rings is 1. The van der Waals surface area contributed by atoms with E-state index in [1.807, 2.05) is 20.8 Å². The Morgan fingerprint density at radius 3 is 2.42 bits per heavy atom. The Hall–Kier alpha value is -0.430. The van der Waals surface area contributed by atoms with Crippen molar-refractivity contribution in [1.29, 1.82) is 0 Å². The summed E-state index contributed by atoms with van der Waals surface area (Å²) in [5, 5.41) is 0. The molecule has 0 aromatic heterocycles. The molecule has 0 spiro atoms. The fraction of sp³-hybridized carbons (Fsp3) is 0.538. The lowest BCUT2D eigenvalue weighted by molar-refractivity contribution is 0.354. The number of nitrogens with two attached hydrogens (primary N) is 1. The topological polar surface area (TPSA) is 63.4 Å². The summed E-state index contributed by atoms with van der Waals surface area (Å²) in [6.07, 6.45) is 0.788. The molecule has 6 heteroatoms. The van der Waals surface area contributed by atoms with Crippen molar-refractivity contribution in [2.24, 2.45) is 5.73 Å². The van der Waals surface area contributed by atoms with Gasteiger partial charge in [0, 0.05) is 23.6 Å². The molecule has 0 aliphatic heterocycles. The molecule has 0 unspecified atom stereocenters. The largest absolute Gasteiger partial charge is 0.326 e. The standard InChI is InChI=1S/C13H21BrN2O2S/c1-4-7-16(10(2)3)19(17,18)13-6-5-11(9-15)8-12(13)14/h5-6,8,10H,4,7,9,15H2,1-3H3. The summed E-state index contributed by atoms with van der Waals surface area (Å²) >= 11 is 3.33. The van der Waals surface area contributed by atoms with Crippen LogP contribution >= 0.6 is 15.9 Å². The molecule has 1 aromatic rings. The van der Waals surface area contributed by atoms with Crippen LogP contribution in [0.2, 0.25) is 0 Å². The van der Waals surface area contributed by atoms with Crippen molar-refractivity contribution in [3.63, 3.8) is 0 Å². The third kappa shape index (κ3) is 3.78. The van der Waals surface area contributed by atoms with Gasteiger partial charge in [-0.2, -0.15) is 4.31 Å². The summed E-state index contributed by atoms with van der Waals surface area (Å²) in [5.41, 5.74) is 6.45. The van der Waals surface area contributed by atoms with Crippen LogP contribution < -0.4 is 5.73 Å². The van der Waals surface area contributed by atoms with Crippen LogP contribution in [0.1, 0.15) is 32.8 Å². The van der Waals surface area contributed by atoms with Gasteiger partial charge in [0.05, 0.1) is 4.90 Å². The van der Waals surface area contributed by atoms with Crippen LogP contribution in [0, 0.1) is 0 Å². The van der Waals surface area contributed by atoms with Crippen molar-refractivity contribution in [2.75, 3.05) is 6.54 Å². The van der Waals surface area contributed by atoms with Crippen LogP contribution in [0.4, 0.5) is 0 Å². The van der Waals surface area contributed by atoms with Crippen LogP contribution in [0.15, 0.2) is 27.6 Å². The molecule has 1 aromatic carbocycles. The SMILES string of the molecule is CCCN(C(C)C)S(=O)(=O)c1ccc(CN)cc1Br. The van der Waals surface area contributed by atoms with E-state index in [-0.39, 0.29) is 6.04 Å². The molecular formula is C13H21BrN2O2S. The van der Waals surface area contributed by atoms with Crippen molar-refractivity contribution in [3.8, 4) is 0 Å². The average Bonchev–Trinajstić information content (AvgIpc) is 2.34. The Morgan fingerprint density at radius 2 is 2.00 bits per heavy atom. The van der Waals surface area contributed by atoms with Crippen LogP contribution in [-0.2, 0) is 16.6 Å². The van der Waals surface area contributed by atoms with Crippen LogP contribution in [-0.4, -0.2) is 25.3 Å². The highest BCUT2D eigenvalue weighted by Gasteiger charge is 2.28. The summed E-state index contributed by atoms with van der Waals surface area (Å²) < 4.78 is 27.4. The van der Waals surface area contributed by atoms with Gasteiger partial charge < -0.3 is 5.73 Å². The Morgan fingerprint density at radius 1 is 1.37 bits per heavy atom. The number of nitrogens with zero attached hydrogens (tertiary/aromatic N) is 1. The number of hydrogen-bond acceptors (Lipinski definition) is 3. The molecule has 108 valence electrons. The summed E-state index contributed by atoms with van der Waals surface area (Å²) in [5.74, 6) is 0. The maximum absolute atomic E-state index is 12.6. The Bertz CT molecular complexity index is 529. The zero-order chi connectivity index (χ0) is 14.6. The minimum absolute atomic E-state index is 0.0639. The van der Waals surface area contributed by atoms with E-state index >= 15 is 0 Å². The number of sulfonamides is 1. The molecule has 0 saturated carbocycles. The van der Waals surface area contributed by atoms with E-state index < -0.39 is 10.0 Å². The predicted octanol–water partition coefficient (Wildman–Crippen LogP) is 2.72. The van der Waals surface area contributed by atoms with Crippen molar-refractivity contribution < 1.29 is 8.42 Å². The molecule has 0 aliphatic carbocycles. The van der Waals surface area contributed by atoms with E-state index in [0.29, 0.717) is 22.5 Å². The fourth-order valence-electron chi connectivity index (χ4n) is 1.88. The van der Waals surface area contributed by atoms with E-state index in [9.17, 15) is 8.42 Å². The van der Waals surface area contributed by atoms with Crippen LogP contribution in [0.25, 0.3) is 0 Å². The zero-order valence-corrected chi connectivity index (χ0v) is 14.0. The molecule has 1 rings (SSSR count). The van der Waals surface area contributed by atoms with Crippen LogP contribution in [0.5, 0.6) is 0 Å². The van der Waals surface area contributed by atoms with E-state index in [1.165, 1.54) is 4.31 Å². The Labute approximate surface area is 124 Å². The molecule has 4 nitrogen and oxygen atoms in total. The molecule has 0 atom stereocenters. The van der Waals surface area contributed by atoms with E-state index in [1.54, 1.807) is 18.2 Å². The van der Waals surface area contributed by atoms with Gasteiger partial charge in [-0.05, 0) is 53.9 Å². The lowest BCUT2D eigenvalue weighted by Gasteiger charge is -2.26. The van der Waals surface area contributed by atoms with E-state index in [2.05, 4.69) is 15.9 Å². The van der Waals surface area contributed by atoms with Gasteiger partial charge in [0.25, 0.3) is 0 Å². The van der Waals surface area contributed by atoms with Gasteiger partial charge in [-0.15, -0.1) is 0 Å². The third-order valence-corrected chi connectivity index (χ3v) is 5.89. The number of hydrogen-bond donors (Lipinski definition) is 1. The zero-order valence-electron chi connectivity index (χ0n) is 11.6. The second-order valence-electron chi connectivity index (χ2n) is 4.68. The maximum Gasteiger partial charge on any atom is 0.244 e. The highest BCUT2D eigenvalue weighted by atomic mass is 79.9. The van der Waals surface area contributed by atoms with Gasteiger partial charge in [-0.1, -0.05) is 13.0 Å². The van der Waals surface area contributed by atoms with Gasteiger partial charge in [0.15, 0.2) is 0 Å². The fourth-order valence-corrected chi connectivity index (χ4v) is 4.70. The van der Waals surface area contributed by atoms with Crippen LogP contribution in [0.3, 0.4) is 0 Å². The number of halogens is 1. The lowest BCUT2D eigenvalue weighted by Crippen LogP contribution is -2.37. The summed E-state index contributed by atoms with van der Waals surface area (Å²) in [7, 11) is -3.47. The van der Waals surface area contributed by atoms with E-state index in [0.717, 1.165) is 12.0 Å². The third-order valence-electron chi connectivity index (χ3n) is 2.84. The first-order valence-corrected chi connectivity index (χ1v) is 8.58. The minimum atomic E-state index is -3.47. The molecule has 2 N–H and O–H groups in total. The van der Waals surface area contributed by atoms with Crippen molar-refractivity contribution in [2.45, 2.75) is 44.7 Å². The van der Waals surface area contributed by atoms with Gasteiger partial charge in [0.1, 0.15) is 0 Å². The molecule has 0 heterocycles. The lowest BCUT2D eigenvalue weighted by atomic mass is 10.2. The summed E-state index contributed by atoms with van der Waals surface area (Å²) in [4.78, 5) is 0.298. The van der Waals surface area contributed by atoms with Crippen molar-refractivity contribution in [1.82, 2.24) is 4.31 Å². The molecule has 0 fully saturated rings. The molecular weight excluding hydrogens is 328 g/mol. The summed E-state index contributed by atoms with van der Waals surface area (Å²) in [6, 6.07) is 5.07. The maximum atomic E-state index is 12.6. The molecule has 0 saturated heterocycles. The Balaban J connectivity index is 3.25. The number of rotatable bonds is 6. The first kappa shape index (κ1) is 16.6. The monoisotopic (exact) mass is 348 g/mol. The van der Waals surface area contributed by atoms with Gasteiger partial charge in [-0.25, -0.2) is 8.42 Å². The quantitative estimate of drug-likeness (QED) is 0.859. The minimum Gasteiger partial charge on any atom is -0.326 e. The molecule has 0 radical (unpaired) electrons. The highest BCUT2D eigenvalue weighted by Crippen LogP contribution is 2.27. The van der Waals surface area contributed by atoms with E-state index in [4.69, 9.17) is 5.73 Å². The molecule has 0 bridgehead atoms. The normalized spacial score (nSPS) is 12.4.